The number of hydrogen-bond donors (Lipinski definition) is 1. The molecule has 0 saturated heterocycles. The second kappa shape index (κ2) is 6.30. The van der Waals surface area contributed by atoms with Gasteiger partial charge in [0, 0.05) is 6.04 Å². The Balaban J connectivity index is 1.66. The van der Waals surface area contributed by atoms with Gasteiger partial charge in [-0.25, -0.2) is 0 Å². The molecule has 2 nitrogen and oxygen atoms in total. The quantitative estimate of drug-likeness (QED) is 0.902. The van der Waals surface area contributed by atoms with Crippen molar-refractivity contribution in [1.29, 1.82) is 0 Å². The van der Waals surface area contributed by atoms with Crippen molar-refractivity contribution in [3.63, 3.8) is 0 Å². The molecule has 1 saturated carbocycles. The topological polar surface area (TPSA) is 29.1 Å². The minimum Gasteiger partial charge on any atom is -0.353 e. The number of carbonyl (C=O) groups is 1. The van der Waals surface area contributed by atoms with Gasteiger partial charge in [0.25, 0.3) is 0 Å². The van der Waals surface area contributed by atoms with E-state index in [4.69, 9.17) is 0 Å². The van der Waals surface area contributed by atoms with E-state index in [-0.39, 0.29) is 5.91 Å². The molecule has 21 heavy (non-hydrogen) atoms. The lowest BCUT2D eigenvalue weighted by molar-refractivity contribution is -0.121. The Morgan fingerprint density at radius 2 is 1.76 bits per heavy atom. The monoisotopic (exact) mass is 281 g/mol. The van der Waals surface area contributed by atoms with Gasteiger partial charge in [-0.2, -0.15) is 0 Å². The first kappa shape index (κ1) is 14.1. The summed E-state index contributed by atoms with van der Waals surface area (Å²) >= 11 is 0. The summed E-state index contributed by atoms with van der Waals surface area (Å²) in [4.78, 5) is 12.3. The van der Waals surface area contributed by atoms with Crippen molar-refractivity contribution in [2.45, 2.75) is 45.1 Å². The minimum atomic E-state index is 0.158. The molecule has 110 valence electrons. The van der Waals surface area contributed by atoms with Crippen molar-refractivity contribution in [1.82, 2.24) is 5.32 Å². The zero-order chi connectivity index (χ0) is 14.7. The number of amides is 1. The molecule has 2 aromatic carbocycles. The fourth-order valence-corrected chi connectivity index (χ4v) is 3.30. The highest BCUT2D eigenvalue weighted by molar-refractivity contribution is 5.90. The molecule has 0 aromatic heterocycles. The van der Waals surface area contributed by atoms with Crippen LogP contribution in [0.25, 0.3) is 10.8 Å². The molecule has 0 bridgehead atoms. The van der Waals surface area contributed by atoms with Gasteiger partial charge in [0.1, 0.15) is 0 Å². The summed E-state index contributed by atoms with van der Waals surface area (Å²) in [5, 5.41) is 5.60. The lowest BCUT2D eigenvalue weighted by Crippen LogP contribution is -2.38. The van der Waals surface area contributed by atoms with E-state index in [0.717, 1.165) is 24.3 Å². The first-order valence-electron chi connectivity index (χ1n) is 7.98. The molecule has 3 rings (SSSR count). The van der Waals surface area contributed by atoms with Crippen LogP contribution in [0.15, 0.2) is 42.5 Å². The van der Waals surface area contributed by atoms with Crippen LogP contribution in [-0.4, -0.2) is 11.9 Å². The van der Waals surface area contributed by atoms with Gasteiger partial charge in [0.15, 0.2) is 0 Å². The largest absolute Gasteiger partial charge is 0.353 e. The Bertz CT molecular complexity index is 621. The summed E-state index contributed by atoms with van der Waals surface area (Å²) in [6.07, 6.45) is 5.21. The lowest BCUT2D eigenvalue weighted by Gasteiger charge is -2.27. The predicted molar refractivity (Wildman–Crippen MR) is 87.2 cm³/mol. The van der Waals surface area contributed by atoms with Crippen LogP contribution >= 0.6 is 0 Å². The average molecular weight is 281 g/mol. The summed E-state index contributed by atoms with van der Waals surface area (Å²) in [6, 6.07) is 14.8. The molecule has 1 aliphatic carbocycles. The normalized spacial score (nSPS) is 22.1. The highest BCUT2D eigenvalue weighted by Crippen LogP contribution is 2.24. The Morgan fingerprint density at radius 1 is 1.05 bits per heavy atom. The van der Waals surface area contributed by atoms with Gasteiger partial charge < -0.3 is 5.32 Å². The van der Waals surface area contributed by atoms with Gasteiger partial charge >= 0.3 is 0 Å². The molecule has 0 unspecified atom stereocenters. The van der Waals surface area contributed by atoms with Gasteiger partial charge in [-0.3, -0.25) is 4.79 Å². The molecular weight excluding hydrogens is 258 g/mol. The summed E-state index contributed by atoms with van der Waals surface area (Å²) in [5.74, 6) is 0.974. The molecule has 2 heteroatoms. The Hall–Kier alpha value is -1.83. The zero-order valence-corrected chi connectivity index (χ0v) is 12.6. The van der Waals surface area contributed by atoms with Crippen molar-refractivity contribution in [2.24, 2.45) is 5.92 Å². The highest BCUT2D eigenvalue weighted by Gasteiger charge is 2.19. The van der Waals surface area contributed by atoms with E-state index in [2.05, 4.69) is 36.5 Å². The van der Waals surface area contributed by atoms with Crippen LogP contribution in [0.5, 0.6) is 0 Å². The molecule has 0 radical (unpaired) electrons. The van der Waals surface area contributed by atoms with Gasteiger partial charge in [-0.15, -0.1) is 0 Å². The van der Waals surface area contributed by atoms with E-state index in [1.807, 2.05) is 18.2 Å². The number of carbonyl (C=O) groups excluding carboxylic acids is 1. The average Bonchev–Trinajstić information content (AvgIpc) is 2.50. The lowest BCUT2D eigenvalue weighted by atomic mass is 9.87. The summed E-state index contributed by atoms with van der Waals surface area (Å²) in [7, 11) is 0. The van der Waals surface area contributed by atoms with E-state index in [1.54, 1.807) is 0 Å². The maximum absolute atomic E-state index is 12.3. The van der Waals surface area contributed by atoms with E-state index in [9.17, 15) is 4.79 Å². The first-order valence-corrected chi connectivity index (χ1v) is 7.98. The number of hydrogen-bond acceptors (Lipinski definition) is 1. The number of benzene rings is 2. The highest BCUT2D eigenvalue weighted by atomic mass is 16.1. The van der Waals surface area contributed by atoms with Gasteiger partial charge in [0.05, 0.1) is 6.42 Å². The van der Waals surface area contributed by atoms with E-state index < -0.39 is 0 Å². The molecule has 1 fully saturated rings. The second-order valence-corrected chi connectivity index (χ2v) is 6.34. The third-order valence-electron chi connectivity index (χ3n) is 4.61. The SMILES string of the molecule is CC1CCC(NC(=O)Cc2cccc3ccccc23)CC1. The maximum Gasteiger partial charge on any atom is 0.224 e. The smallest absolute Gasteiger partial charge is 0.224 e. The van der Waals surface area contributed by atoms with E-state index in [0.29, 0.717) is 12.5 Å². The fourth-order valence-electron chi connectivity index (χ4n) is 3.30. The molecular formula is C19H23NO. The molecule has 1 N–H and O–H groups in total. The minimum absolute atomic E-state index is 0.158. The molecule has 0 atom stereocenters. The molecule has 0 heterocycles. The van der Waals surface area contributed by atoms with Crippen molar-refractivity contribution >= 4 is 16.7 Å². The third-order valence-corrected chi connectivity index (χ3v) is 4.61. The maximum atomic E-state index is 12.3. The van der Waals surface area contributed by atoms with Crippen LogP contribution in [0.1, 0.15) is 38.2 Å². The van der Waals surface area contributed by atoms with Crippen molar-refractivity contribution in [2.75, 3.05) is 0 Å². The predicted octanol–water partition coefficient (Wildman–Crippen LogP) is 4.08. The molecule has 1 amide bonds. The summed E-state index contributed by atoms with van der Waals surface area (Å²) in [6.45, 7) is 2.30. The number of rotatable bonds is 3. The van der Waals surface area contributed by atoms with E-state index in [1.165, 1.54) is 23.6 Å². The zero-order valence-electron chi connectivity index (χ0n) is 12.6. The van der Waals surface area contributed by atoms with Crippen LogP contribution in [0, 0.1) is 5.92 Å². The van der Waals surface area contributed by atoms with Crippen molar-refractivity contribution in [3.05, 3.63) is 48.0 Å². The molecule has 0 spiro atoms. The van der Waals surface area contributed by atoms with Gasteiger partial charge in [-0.1, -0.05) is 49.4 Å². The Labute approximate surface area is 126 Å². The van der Waals surface area contributed by atoms with Crippen LogP contribution in [0.3, 0.4) is 0 Å². The van der Waals surface area contributed by atoms with Gasteiger partial charge in [0.2, 0.25) is 5.91 Å². The number of fused-ring (bicyclic) bond motifs is 1. The van der Waals surface area contributed by atoms with Gasteiger partial charge in [-0.05, 0) is 47.9 Å². The fraction of sp³-hybridized carbons (Fsp3) is 0.421. The van der Waals surface area contributed by atoms with Crippen LogP contribution in [-0.2, 0) is 11.2 Å². The first-order chi connectivity index (χ1) is 10.2. The van der Waals surface area contributed by atoms with Crippen LogP contribution in [0.2, 0.25) is 0 Å². The molecule has 1 aliphatic rings. The molecule has 0 aliphatic heterocycles. The van der Waals surface area contributed by atoms with Crippen LogP contribution < -0.4 is 5.32 Å². The number of nitrogens with one attached hydrogen (secondary N) is 1. The molecule has 2 aromatic rings. The Morgan fingerprint density at radius 3 is 2.57 bits per heavy atom. The summed E-state index contributed by atoms with van der Waals surface area (Å²) in [5.41, 5.74) is 1.12. The standard InChI is InChI=1S/C19H23NO/c1-14-9-11-17(12-10-14)20-19(21)13-16-7-4-6-15-5-2-3-8-18(15)16/h2-8,14,17H,9-13H2,1H3,(H,20,21). The Kier molecular flexibility index (Phi) is 4.23. The third kappa shape index (κ3) is 3.44. The van der Waals surface area contributed by atoms with Crippen LogP contribution in [0.4, 0.5) is 0 Å². The second-order valence-electron chi connectivity index (χ2n) is 6.34. The van der Waals surface area contributed by atoms with Crippen molar-refractivity contribution < 1.29 is 4.79 Å². The van der Waals surface area contributed by atoms with E-state index >= 15 is 0 Å². The van der Waals surface area contributed by atoms with Crippen molar-refractivity contribution in [3.8, 4) is 0 Å². The summed E-state index contributed by atoms with van der Waals surface area (Å²) < 4.78 is 0.